The maximum absolute atomic E-state index is 2.48. The fraction of sp³-hybridized carbons (Fsp3) is 0.429. The van der Waals surface area contributed by atoms with Crippen molar-refractivity contribution >= 4 is 3.27 Å². The van der Waals surface area contributed by atoms with Gasteiger partial charge in [-0.1, -0.05) is 0 Å². The van der Waals surface area contributed by atoms with Crippen molar-refractivity contribution in [2.75, 3.05) is 0 Å². The van der Waals surface area contributed by atoms with E-state index in [1.165, 1.54) is 60.8 Å². The molecule has 1 aliphatic carbocycles. The zero-order valence-electron chi connectivity index (χ0n) is 14.6. The predicted molar refractivity (Wildman–Crippen MR) is 91.5 cm³/mol. The summed E-state index contributed by atoms with van der Waals surface area (Å²) in [5.41, 5.74) is 9.24. The van der Waals surface area contributed by atoms with E-state index in [9.17, 15) is 0 Å². The first-order chi connectivity index (χ1) is 10.7. The van der Waals surface area contributed by atoms with E-state index in [1.807, 2.05) is 0 Å². The average Bonchev–Trinajstić information content (AvgIpc) is 2.89. The standard InChI is InChI=1S/C21H25.2ClH.Zr/c1-3-5-7-16-9-11-18-15-19-12-10-17(8-6-4-2)14-21(19)20(18)13-16;;;/h9-11,13-14H,3-8,15H2,1-2H3;2*1H;/q;;;+2/p-2. The largest absolute Gasteiger partial charge is 1.00 e. The van der Waals surface area contributed by atoms with Crippen LogP contribution < -0.4 is 28.1 Å². The summed E-state index contributed by atoms with van der Waals surface area (Å²) in [6.07, 6.45) is 8.75. The molecular weight excluding hydrogens is 414 g/mol. The van der Waals surface area contributed by atoms with Gasteiger partial charge in [-0.25, -0.2) is 0 Å². The molecule has 0 unspecified atom stereocenters. The molecule has 3 rings (SSSR count). The Balaban J connectivity index is 0.00000144. The first kappa shape index (κ1) is 21.9. The Bertz CT molecular complexity index is 680. The monoisotopic (exact) mass is 437 g/mol. The van der Waals surface area contributed by atoms with Crippen molar-refractivity contribution in [1.82, 2.24) is 0 Å². The summed E-state index contributed by atoms with van der Waals surface area (Å²) < 4.78 is 1.57. The average molecular weight is 440 g/mol. The third-order valence-electron chi connectivity index (χ3n) is 4.78. The van der Waals surface area contributed by atoms with Crippen LogP contribution in [0.25, 0.3) is 11.1 Å². The van der Waals surface area contributed by atoms with Gasteiger partial charge in [-0.2, -0.15) is 0 Å². The Kier molecular flexibility index (Phi) is 9.28. The summed E-state index contributed by atoms with van der Waals surface area (Å²) in [6, 6.07) is 12.1. The van der Waals surface area contributed by atoms with E-state index in [1.54, 1.807) is 39.1 Å². The van der Waals surface area contributed by atoms with E-state index in [0.29, 0.717) is 0 Å². The molecule has 0 amide bonds. The second-order valence-corrected chi connectivity index (χ2v) is 7.87. The third-order valence-corrected chi connectivity index (χ3v) is 5.88. The quantitative estimate of drug-likeness (QED) is 0.468. The number of aryl methyl sites for hydroxylation is 2. The van der Waals surface area contributed by atoms with Gasteiger partial charge in [0.05, 0.1) is 0 Å². The first-order valence-electron chi connectivity index (χ1n) is 8.72. The molecule has 2 aromatic carbocycles. The fourth-order valence-corrected chi connectivity index (χ4v) is 4.45. The summed E-state index contributed by atoms with van der Waals surface area (Å²) in [7, 11) is 0. The molecule has 0 aromatic heterocycles. The Morgan fingerprint density at radius 1 is 0.833 bits per heavy atom. The van der Waals surface area contributed by atoms with Crippen molar-refractivity contribution in [3.05, 3.63) is 52.6 Å². The van der Waals surface area contributed by atoms with E-state index in [2.05, 4.69) is 44.2 Å². The molecule has 0 saturated carbocycles. The van der Waals surface area contributed by atoms with E-state index >= 15 is 0 Å². The van der Waals surface area contributed by atoms with Crippen LogP contribution in [-0.2, 0) is 44.0 Å². The van der Waals surface area contributed by atoms with E-state index in [4.69, 9.17) is 0 Å². The number of fused-ring (bicyclic) bond motifs is 3. The number of hydrogen-bond acceptors (Lipinski definition) is 0. The molecular formula is C21H25Cl2Zr. The number of unbranched alkanes of at least 4 members (excludes halogenated alkanes) is 2. The minimum Gasteiger partial charge on any atom is -1.00 e. The molecule has 0 nitrogen and oxygen atoms in total. The normalized spacial score (nSPS) is 11.3. The van der Waals surface area contributed by atoms with Gasteiger partial charge in [0.1, 0.15) is 0 Å². The van der Waals surface area contributed by atoms with Crippen molar-refractivity contribution in [2.24, 2.45) is 0 Å². The Morgan fingerprint density at radius 3 is 2.12 bits per heavy atom. The molecule has 0 aliphatic heterocycles. The van der Waals surface area contributed by atoms with Crippen molar-refractivity contribution in [1.29, 1.82) is 0 Å². The molecule has 127 valence electrons. The van der Waals surface area contributed by atoms with E-state index < -0.39 is 0 Å². The summed E-state index contributed by atoms with van der Waals surface area (Å²) >= 11 is 1.56. The van der Waals surface area contributed by atoms with Crippen LogP contribution in [-0.4, -0.2) is 0 Å². The van der Waals surface area contributed by atoms with E-state index in [-0.39, 0.29) is 24.8 Å². The SMILES string of the molecule is CCCCc1ccc2c(c1)-c1cc(CCCC)c[c]([Zr+2])c1C2.[Cl-].[Cl-]. The number of benzene rings is 2. The van der Waals surface area contributed by atoms with Crippen LogP contribution in [0.15, 0.2) is 30.3 Å². The predicted octanol–water partition coefficient (Wildman–Crippen LogP) is -0.877. The molecule has 0 N–H and O–H groups in total. The summed E-state index contributed by atoms with van der Waals surface area (Å²) in [5.74, 6) is 0. The minimum atomic E-state index is 0. The van der Waals surface area contributed by atoms with Crippen LogP contribution in [0.5, 0.6) is 0 Å². The number of rotatable bonds is 6. The molecule has 0 atom stereocenters. The number of halogens is 2. The summed E-state index contributed by atoms with van der Waals surface area (Å²) in [4.78, 5) is 0. The molecule has 0 radical (unpaired) electrons. The zero-order chi connectivity index (χ0) is 15.5. The van der Waals surface area contributed by atoms with Gasteiger partial charge in [-0.3, -0.25) is 0 Å². The van der Waals surface area contributed by atoms with Gasteiger partial charge in [0, 0.05) is 0 Å². The molecule has 1 aliphatic rings. The molecule has 0 fully saturated rings. The van der Waals surface area contributed by atoms with Gasteiger partial charge >= 0.3 is 150 Å². The molecule has 0 heterocycles. The van der Waals surface area contributed by atoms with Crippen LogP contribution in [0, 0.1) is 0 Å². The zero-order valence-corrected chi connectivity index (χ0v) is 18.6. The summed E-state index contributed by atoms with van der Waals surface area (Å²) in [5, 5.41) is 0. The van der Waals surface area contributed by atoms with E-state index in [0.717, 1.165) is 6.42 Å². The van der Waals surface area contributed by atoms with Gasteiger partial charge in [0.15, 0.2) is 0 Å². The Morgan fingerprint density at radius 2 is 1.46 bits per heavy atom. The second kappa shape index (κ2) is 10.1. The molecule has 24 heavy (non-hydrogen) atoms. The summed E-state index contributed by atoms with van der Waals surface area (Å²) in [6.45, 7) is 4.55. The van der Waals surface area contributed by atoms with Gasteiger partial charge in [-0.15, -0.1) is 0 Å². The maximum atomic E-state index is 2.48. The van der Waals surface area contributed by atoms with Crippen LogP contribution in [0.3, 0.4) is 0 Å². The molecule has 3 heteroatoms. The maximum Gasteiger partial charge on any atom is -1.00 e. The van der Waals surface area contributed by atoms with Crippen molar-refractivity contribution in [2.45, 2.75) is 58.8 Å². The van der Waals surface area contributed by atoms with Gasteiger partial charge < -0.3 is 24.8 Å². The topological polar surface area (TPSA) is 0 Å². The smallest absolute Gasteiger partial charge is 1.00 e. The fourth-order valence-electron chi connectivity index (χ4n) is 3.44. The van der Waals surface area contributed by atoms with Crippen LogP contribution in [0.1, 0.15) is 61.8 Å². The molecule has 0 saturated heterocycles. The van der Waals surface area contributed by atoms with Gasteiger partial charge in [0.25, 0.3) is 0 Å². The Hall–Kier alpha value is -0.0969. The van der Waals surface area contributed by atoms with Crippen molar-refractivity contribution in [3.8, 4) is 11.1 Å². The van der Waals surface area contributed by atoms with Crippen LogP contribution >= 0.6 is 0 Å². The second-order valence-electron chi connectivity index (χ2n) is 6.54. The van der Waals surface area contributed by atoms with Crippen LogP contribution in [0.4, 0.5) is 0 Å². The molecule has 2 aromatic rings. The Labute approximate surface area is 174 Å². The van der Waals surface area contributed by atoms with Crippen molar-refractivity contribution < 1.29 is 49.5 Å². The van der Waals surface area contributed by atoms with Crippen molar-refractivity contribution in [3.63, 3.8) is 0 Å². The van der Waals surface area contributed by atoms with Gasteiger partial charge in [-0.05, 0) is 0 Å². The molecule has 0 bridgehead atoms. The first-order valence-corrected chi connectivity index (χ1v) is 9.95. The van der Waals surface area contributed by atoms with Gasteiger partial charge in [0.2, 0.25) is 0 Å². The minimum absolute atomic E-state index is 0. The van der Waals surface area contributed by atoms with Crippen LogP contribution in [0.2, 0.25) is 0 Å². The third kappa shape index (κ3) is 4.75. The molecule has 0 spiro atoms. The number of hydrogen-bond donors (Lipinski definition) is 0.